The monoisotopic (exact) mass is 541 g/mol. The van der Waals surface area contributed by atoms with E-state index in [1.807, 2.05) is 29.2 Å². The Morgan fingerprint density at radius 2 is 1.86 bits per heavy atom. The van der Waals surface area contributed by atoms with E-state index in [9.17, 15) is 13.2 Å². The molecule has 4 rings (SSSR count). The molecule has 0 aliphatic carbocycles. The lowest BCUT2D eigenvalue weighted by atomic mass is 9.74. The van der Waals surface area contributed by atoms with Crippen molar-refractivity contribution >= 4 is 40.7 Å². The summed E-state index contributed by atoms with van der Waals surface area (Å²) in [7, 11) is 0. The second-order valence-electron chi connectivity index (χ2n) is 9.99. The van der Waals surface area contributed by atoms with E-state index in [0.29, 0.717) is 49.7 Å². The van der Waals surface area contributed by atoms with Gasteiger partial charge in [-0.3, -0.25) is 0 Å². The maximum atomic E-state index is 13.7. The molecule has 2 unspecified atom stereocenters. The molecule has 0 saturated carbocycles. The summed E-state index contributed by atoms with van der Waals surface area (Å²) in [5.74, 6) is 0.798. The molecule has 2 aromatic rings. The van der Waals surface area contributed by atoms with E-state index in [4.69, 9.17) is 28.6 Å². The molecule has 0 amide bonds. The number of benzene rings is 1. The Kier molecular flexibility index (Phi) is 8.26. The number of nitrogens with zero attached hydrogens (tertiary/aromatic N) is 3. The summed E-state index contributed by atoms with van der Waals surface area (Å²) in [6.45, 7) is 7.14. The van der Waals surface area contributed by atoms with Crippen molar-refractivity contribution < 1.29 is 17.9 Å². The Morgan fingerprint density at radius 1 is 1.17 bits per heavy atom. The molecule has 2 N–H and O–H groups in total. The number of hydrogen-bond acceptors (Lipinski definition) is 5. The van der Waals surface area contributed by atoms with Crippen molar-refractivity contribution in [2.45, 2.75) is 44.7 Å². The van der Waals surface area contributed by atoms with Gasteiger partial charge in [0.05, 0.1) is 0 Å². The van der Waals surface area contributed by atoms with E-state index < -0.39 is 11.9 Å². The topological polar surface area (TPSA) is 62.3 Å². The lowest BCUT2D eigenvalue weighted by molar-refractivity contribution is -0.141. The maximum absolute atomic E-state index is 13.7. The molecule has 11 heteroatoms. The van der Waals surface area contributed by atoms with Crippen LogP contribution >= 0.6 is 23.8 Å². The molecule has 0 bridgehead atoms. The summed E-state index contributed by atoms with van der Waals surface area (Å²) in [6, 6.07) is 8.71. The van der Waals surface area contributed by atoms with E-state index in [1.165, 1.54) is 0 Å². The third kappa shape index (κ3) is 6.58. The van der Waals surface area contributed by atoms with Gasteiger partial charge in [0.1, 0.15) is 5.82 Å². The average Bonchev–Trinajstić information content (AvgIpc) is 2.82. The van der Waals surface area contributed by atoms with E-state index >= 15 is 0 Å². The predicted octanol–water partition coefficient (Wildman–Crippen LogP) is 5.67. The zero-order valence-electron chi connectivity index (χ0n) is 20.4. The minimum absolute atomic E-state index is 0.161. The van der Waals surface area contributed by atoms with Crippen LogP contribution in [0.4, 0.5) is 24.9 Å². The quantitative estimate of drug-likeness (QED) is 0.473. The van der Waals surface area contributed by atoms with Gasteiger partial charge >= 0.3 is 6.18 Å². The van der Waals surface area contributed by atoms with Crippen LogP contribution in [0.1, 0.15) is 44.4 Å². The Labute approximate surface area is 220 Å². The van der Waals surface area contributed by atoms with Gasteiger partial charge in [-0.15, -0.1) is 0 Å². The van der Waals surface area contributed by atoms with Crippen LogP contribution in [0.5, 0.6) is 0 Å². The number of halogens is 4. The van der Waals surface area contributed by atoms with Gasteiger partial charge in [-0.1, -0.05) is 37.6 Å². The molecule has 2 aliphatic rings. The third-order valence-electron chi connectivity index (χ3n) is 6.90. The van der Waals surface area contributed by atoms with Crippen LogP contribution in [0.2, 0.25) is 5.02 Å². The number of piperidine rings is 1. The van der Waals surface area contributed by atoms with E-state index in [2.05, 4.69) is 34.4 Å². The summed E-state index contributed by atoms with van der Waals surface area (Å²) >= 11 is 11.7. The smallest absolute Gasteiger partial charge is 0.381 e. The summed E-state index contributed by atoms with van der Waals surface area (Å²) in [5, 5.41) is 6.77. The van der Waals surface area contributed by atoms with E-state index in [1.54, 1.807) is 0 Å². The lowest BCUT2D eigenvalue weighted by Crippen LogP contribution is -2.45. The van der Waals surface area contributed by atoms with Crippen molar-refractivity contribution in [2.24, 2.45) is 11.8 Å². The van der Waals surface area contributed by atoms with Crippen LogP contribution < -0.4 is 15.5 Å². The van der Waals surface area contributed by atoms with Crippen molar-refractivity contribution in [2.75, 3.05) is 43.1 Å². The van der Waals surface area contributed by atoms with E-state index in [0.717, 1.165) is 30.9 Å². The van der Waals surface area contributed by atoms with Gasteiger partial charge in [-0.2, -0.15) is 18.2 Å². The number of nitrogens with one attached hydrogen (secondary N) is 2. The van der Waals surface area contributed by atoms with Gasteiger partial charge in [-0.05, 0) is 61.0 Å². The Bertz CT molecular complexity index is 1070. The number of thiocarbonyl (C=S) groups is 1. The highest BCUT2D eigenvalue weighted by Crippen LogP contribution is 2.36. The summed E-state index contributed by atoms with van der Waals surface area (Å²) in [5.41, 5.74) is -0.197. The SMILES string of the molecule is CC1CC(C)CN(c2cc(C(F)(F)F)nc(NC(=S)NCC3(c4cccc(Cl)c4)CCOCC3)n2)C1. The molecule has 2 atom stereocenters. The van der Waals surface area contributed by atoms with E-state index in [-0.39, 0.29) is 22.3 Å². The molecule has 1 aromatic carbocycles. The second-order valence-corrected chi connectivity index (χ2v) is 10.8. The molecule has 2 aliphatic heterocycles. The highest BCUT2D eigenvalue weighted by molar-refractivity contribution is 7.80. The van der Waals surface area contributed by atoms with Crippen LogP contribution in [0, 0.1) is 11.8 Å². The summed E-state index contributed by atoms with van der Waals surface area (Å²) in [4.78, 5) is 10.0. The molecule has 0 spiro atoms. The summed E-state index contributed by atoms with van der Waals surface area (Å²) < 4.78 is 46.5. The minimum Gasteiger partial charge on any atom is -0.381 e. The summed E-state index contributed by atoms with van der Waals surface area (Å²) in [6.07, 6.45) is -2.04. The highest BCUT2D eigenvalue weighted by atomic mass is 35.5. The lowest BCUT2D eigenvalue weighted by Gasteiger charge is -2.38. The van der Waals surface area contributed by atoms with Crippen LogP contribution in [0.3, 0.4) is 0 Å². The number of hydrogen-bond donors (Lipinski definition) is 2. The standard InChI is InChI=1S/C25H31ClF3N5OS/c1-16-10-17(2)14-34(13-16)21-12-20(25(27,28)29)31-22(32-21)33-23(36)30-15-24(6-8-35-9-7-24)18-4-3-5-19(26)11-18/h3-5,11-12,16-17H,6-10,13-15H2,1-2H3,(H2,30,31,32,33,36). The van der Waals surface area contributed by atoms with Gasteiger partial charge in [0.2, 0.25) is 5.95 Å². The third-order valence-corrected chi connectivity index (χ3v) is 7.38. The predicted molar refractivity (Wildman–Crippen MR) is 140 cm³/mol. The van der Waals surface area contributed by atoms with Gasteiger partial charge in [0.25, 0.3) is 0 Å². The van der Waals surface area contributed by atoms with Crippen molar-refractivity contribution in [3.63, 3.8) is 0 Å². The molecular formula is C25H31ClF3N5OS. The van der Waals surface area contributed by atoms with Gasteiger partial charge in [0.15, 0.2) is 10.8 Å². The first-order valence-electron chi connectivity index (χ1n) is 12.1. The van der Waals surface area contributed by atoms with Gasteiger partial charge in [0, 0.05) is 49.4 Å². The first kappa shape index (κ1) is 26.9. The number of rotatable bonds is 5. The first-order valence-corrected chi connectivity index (χ1v) is 12.9. The molecule has 1 aromatic heterocycles. The number of ether oxygens (including phenoxy) is 1. The molecular weight excluding hydrogens is 511 g/mol. The fourth-order valence-electron chi connectivity index (χ4n) is 5.19. The van der Waals surface area contributed by atoms with Crippen molar-refractivity contribution in [3.8, 4) is 0 Å². The van der Waals surface area contributed by atoms with Crippen molar-refractivity contribution in [3.05, 3.63) is 46.6 Å². The molecule has 3 heterocycles. The zero-order valence-corrected chi connectivity index (χ0v) is 21.9. The largest absolute Gasteiger partial charge is 0.433 e. The molecule has 196 valence electrons. The van der Waals surface area contributed by atoms with Crippen molar-refractivity contribution in [1.29, 1.82) is 0 Å². The maximum Gasteiger partial charge on any atom is 0.433 e. The highest BCUT2D eigenvalue weighted by Gasteiger charge is 2.36. The first-order chi connectivity index (χ1) is 17.0. The number of alkyl halides is 3. The van der Waals surface area contributed by atoms with Crippen LogP contribution in [-0.2, 0) is 16.3 Å². The number of aromatic nitrogens is 2. The van der Waals surface area contributed by atoms with Gasteiger partial charge < -0.3 is 20.3 Å². The molecule has 0 radical (unpaired) electrons. The Morgan fingerprint density at radius 3 is 2.50 bits per heavy atom. The van der Waals surface area contributed by atoms with Crippen molar-refractivity contribution in [1.82, 2.24) is 15.3 Å². The minimum atomic E-state index is -4.60. The number of anilines is 2. The van der Waals surface area contributed by atoms with Crippen LogP contribution in [-0.4, -0.2) is 47.9 Å². The molecule has 2 saturated heterocycles. The fourth-order valence-corrected chi connectivity index (χ4v) is 5.54. The molecule has 6 nitrogen and oxygen atoms in total. The second kappa shape index (κ2) is 11.1. The normalized spacial score (nSPS) is 22.2. The fraction of sp³-hybridized carbons (Fsp3) is 0.560. The Hall–Kier alpha value is -2.17. The van der Waals surface area contributed by atoms with Crippen LogP contribution in [0.25, 0.3) is 0 Å². The zero-order chi connectivity index (χ0) is 25.9. The Balaban J connectivity index is 1.52. The van der Waals surface area contributed by atoms with Crippen LogP contribution in [0.15, 0.2) is 30.3 Å². The van der Waals surface area contributed by atoms with Gasteiger partial charge in [-0.25, -0.2) is 4.98 Å². The molecule has 2 fully saturated rings. The average molecular weight is 542 g/mol. The molecule has 36 heavy (non-hydrogen) atoms.